The third kappa shape index (κ3) is 1.61. The first kappa shape index (κ1) is 8.30. The van der Waals surface area contributed by atoms with Crippen molar-refractivity contribution in [2.45, 2.75) is 13.5 Å². The van der Waals surface area contributed by atoms with Crippen LogP contribution in [0.15, 0.2) is 10.9 Å². The largest absolute Gasteiger partial charge is 0.349 e. The third-order valence-corrected chi connectivity index (χ3v) is 1.74. The predicted molar refractivity (Wildman–Crippen MR) is 44.7 cm³/mol. The summed E-state index contributed by atoms with van der Waals surface area (Å²) in [7, 11) is 0. The second kappa shape index (κ2) is 3.07. The second-order valence-corrected chi connectivity index (χ2v) is 2.69. The Labute approximate surface area is 69.2 Å². The minimum absolute atomic E-state index is 0.103. The fraction of sp³-hybridized carbons (Fsp3) is 0.286. The maximum Gasteiger partial charge on any atom is 0.187 e. The van der Waals surface area contributed by atoms with E-state index in [0.717, 1.165) is 5.69 Å². The Kier molecular flexibility index (Phi) is 2.31. The molecule has 3 nitrogen and oxygen atoms in total. The van der Waals surface area contributed by atoms with E-state index in [1.165, 1.54) is 6.07 Å². The standard InChI is InChI=1S/C7H9ClN2O/c1-4-2-6(11)5(3-9)7(8)10-4/h2H,3,9H2,1H3,(H,10,11). The fourth-order valence-corrected chi connectivity index (χ4v) is 1.19. The average molecular weight is 173 g/mol. The van der Waals surface area contributed by atoms with E-state index in [9.17, 15) is 4.79 Å². The van der Waals surface area contributed by atoms with Gasteiger partial charge in [0.15, 0.2) is 5.43 Å². The molecular formula is C7H9ClN2O. The minimum atomic E-state index is -0.103. The number of aromatic amines is 1. The van der Waals surface area contributed by atoms with E-state index in [2.05, 4.69) is 4.98 Å². The molecule has 0 fully saturated rings. The molecular weight excluding hydrogens is 164 g/mol. The highest BCUT2D eigenvalue weighted by Crippen LogP contribution is 2.07. The van der Waals surface area contributed by atoms with Gasteiger partial charge in [0.25, 0.3) is 0 Å². The smallest absolute Gasteiger partial charge is 0.187 e. The topological polar surface area (TPSA) is 58.9 Å². The summed E-state index contributed by atoms with van der Waals surface area (Å²) in [6.07, 6.45) is 0. The number of hydrogen-bond donors (Lipinski definition) is 2. The molecule has 11 heavy (non-hydrogen) atoms. The summed E-state index contributed by atoms with van der Waals surface area (Å²) in [5.41, 5.74) is 6.38. The molecule has 0 aliphatic carbocycles. The number of hydrogen-bond acceptors (Lipinski definition) is 2. The molecule has 1 aromatic heterocycles. The highest BCUT2D eigenvalue weighted by Gasteiger charge is 2.02. The highest BCUT2D eigenvalue weighted by atomic mass is 35.5. The van der Waals surface area contributed by atoms with Crippen LogP contribution in [0.5, 0.6) is 0 Å². The lowest BCUT2D eigenvalue weighted by atomic mass is 10.2. The van der Waals surface area contributed by atoms with Gasteiger partial charge in [0.1, 0.15) is 5.15 Å². The molecule has 0 aliphatic heterocycles. The predicted octanol–water partition coefficient (Wildman–Crippen LogP) is 0.795. The van der Waals surface area contributed by atoms with Gasteiger partial charge in [-0.25, -0.2) is 0 Å². The van der Waals surface area contributed by atoms with Gasteiger partial charge in [-0.2, -0.15) is 0 Å². The van der Waals surface area contributed by atoms with E-state index in [1.54, 1.807) is 6.92 Å². The van der Waals surface area contributed by atoms with E-state index >= 15 is 0 Å². The first-order chi connectivity index (χ1) is 5.15. The summed E-state index contributed by atoms with van der Waals surface area (Å²) in [4.78, 5) is 13.9. The number of nitrogens with two attached hydrogens (primary N) is 1. The summed E-state index contributed by atoms with van der Waals surface area (Å²) in [6, 6.07) is 1.48. The molecule has 60 valence electrons. The van der Waals surface area contributed by atoms with Gasteiger partial charge in [-0.3, -0.25) is 4.79 Å². The molecule has 0 saturated carbocycles. The van der Waals surface area contributed by atoms with E-state index in [-0.39, 0.29) is 12.0 Å². The zero-order valence-electron chi connectivity index (χ0n) is 6.15. The molecule has 0 amide bonds. The van der Waals surface area contributed by atoms with Crippen molar-refractivity contribution in [1.82, 2.24) is 4.98 Å². The van der Waals surface area contributed by atoms with Gasteiger partial charge in [0, 0.05) is 23.9 Å². The van der Waals surface area contributed by atoms with Crippen molar-refractivity contribution in [3.05, 3.63) is 32.7 Å². The van der Waals surface area contributed by atoms with Crippen LogP contribution in [-0.2, 0) is 6.54 Å². The summed E-state index contributed by atoms with van der Waals surface area (Å²) >= 11 is 5.70. The SMILES string of the molecule is Cc1cc(=O)c(CN)c(Cl)[nH]1. The molecule has 1 aromatic rings. The molecule has 0 bridgehead atoms. The van der Waals surface area contributed by atoms with Gasteiger partial charge in [-0.15, -0.1) is 0 Å². The molecule has 0 unspecified atom stereocenters. The van der Waals surface area contributed by atoms with Crippen molar-refractivity contribution < 1.29 is 0 Å². The van der Waals surface area contributed by atoms with Crippen LogP contribution in [0.3, 0.4) is 0 Å². The number of halogens is 1. The zero-order valence-corrected chi connectivity index (χ0v) is 6.90. The Morgan fingerprint density at radius 1 is 1.73 bits per heavy atom. The van der Waals surface area contributed by atoms with E-state index < -0.39 is 0 Å². The van der Waals surface area contributed by atoms with Crippen LogP contribution in [0, 0.1) is 6.92 Å². The molecule has 3 N–H and O–H groups in total. The number of pyridine rings is 1. The summed E-state index contributed by atoms with van der Waals surface area (Å²) in [5.74, 6) is 0. The summed E-state index contributed by atoms with van der Waals surface area (Å²) in [5, 5.41) is 0.345. The van der Waals surface area contributed by atoms with E-state index in [4.69, 9.17) is 17.3 Å². The Balaban J connectivity index is 3.37. The first-order valence-corrected chi connectivity index (χ1v) is 3.61. The van der Waals surface area contributed by atoms with Gasteiger partial charge < -0.3 is 10.7 Å². The Morgan fingerprint density at radius 3 is 2.82 bits per heavy atom. The average Bonchev–Trinajstić information content (AvgIpc) is 1.85. The van der Waals surface area contributed by atoms with E-state index in [0.29, 0.717) is 10.7 Å². The van der Waals surface area contributed by atoms with Crippen LogP contribution in [0.4, 0.5) is 0 Å². The fourth-order valence-electron chi connectivity index (χ4n) is 0.867. The lowest BCUT2D eigenvalue weighted by molar-refractivity contribution is 1.01. The van der Waals surface area contributed by atoms with Gasteiger partial charge in [0.2, 0.25) is 0 Å². The van der Waals surface area contributed by atoms with Crippen molar-refractivity contribution in [2.75, 3.05) is 0 Å². The maximum atomic E-state index is 11.1. The second-order valence-electron chi connectivity index (χ2n) is 2.31. The van der Waals surface area contributed by atoms with Crippen LogP contribution < -0.4 is 11.2 Å². The normalized spacial score (nSPS) is 10.1. The molecule has 0 saturated heterocycles. The van der Waals surface area contributed by atoms with Crippen LogP contribution >= 0.6 is 11.6 Å². The van der Waals surface area contributed by atoms with Gasteiger partial charge in [0.05, 0.1) is 0 Å². The van der Waals surface area contributed by atoms with Gasteiger partial charge >= 0.3 is 0 Å². The number of aromatic nitrogens is 1. The van der Waals surface area contributed by atoms with Crippen LogP contribution in [-0.4, -0.2) is 4.98 Å². The molecule has 1 rings (SSSR count). The summed E-state index contributed by atoms with van der Waals surface area (Å²) < 4.78 is 0. The number of rotatable bonds is 1. The highest BCUT2D eigenvalue weighted by molar-refractivity contribution is 6.30. The summed E-state index contributed by atoms with van der Waals surface area (Å²) in [6.45, 7) is 1.95. The molecule has 0 radical (unpaired) electrons. The molecule has 0 aromatic carbocycles. The molecule has 0 spiro atoms. The Morgan fingerprint density at radius 2 is 2.36 bits per heavy atom. The molecule has 0 atom stereocenters. The number of nitrogens with one attached hydrogen (secondary N) is 1. The van der Waals surface area contributed by atoms with Crippen LogP contribution in [0.25, 0.3) is 0 Å². The van der Waals surface area contributed by atoms with Crippen molar-refractivity contribution in [1.29, 1.82) is 0 Å². The lowest BCUT2D eigenvalue weighted by Gasteiger charge is -2.00. The Bertz CT molecular complexity index is 319. The van der Waals surface area contributed by atoms with Gasteiger partial charge in [-0.1, -0.05) is 11.6 Å². The van der Waals surface area contributed by atoms with Crippen LogP contribution in [0.1, 0.15) is 11.3 Å². The molecule has 1 heterocycles. The number of H-pyrrole nitrogens is 1. The van der Waals surface area contributed by atoms with Crippen molar-refractivity contribution in [2.24, 2.45) is 5.73 Å². The van der Waals surface area contributed by atoms with Crippen molar-refractivity contribution in [3.63, 3.8) is 0 Å². The minimum Gasteiger partial charge on any atom is -0.349 e. The number of aryl methyl sites for hydroxylation is 1. The lowest BCUT2D eigenvalue weighted by Crippen LogP contribution is -2.14. The van der Waals surface area contributed by atoms with Crippen LogP contribution in [0.2, 0.25) is 5.15 Å². The monoisotopic (exact) mass is 172 g/mol. The molecule has 0 aliphatic rings. The van der Waals surface area contributed by atoms with Crippen molar-refractivity contribution >= 4 is 11.6 Å². The Hall–Kier alpha value is -0.800. The van der Waals surface area contributed by atoms with E-state index in [1.807, 2.05) is 0 Å². The zero-order chi connectivity index (χ0) is 8.43. The third-order valence-electron chi connectivity index (χ3n) is 1.42. The van der Waals surface area contributed by atoms with Gasteiger partial charge in [-0.05, 0) is 6.92 Å². The van der Waals surface area contributed by atoms with Crippen molar-refractivity contribution in [3.8, 4) is 0 Å². The first-order valence-electron chi connectivity index (χ1n) is 3.23. The quantitative estimate of drug-likeness (QED) is 0.616. The molecule has 4 heteroatoms. The maximum absolute atomic E-state index is 11.1.